The Morgan fingerprint density at radius 1 is 0.646 bits per heavy atom. The summed E-state index contributed by atoms with van der Waals surface area (Å²) >= 11 is 13.0. The molecule has 5 aromatic rings. The highest BCUT2D eigenvalue weighted by atomic mass is 35.5. The fourth-order valence-electron chi connectivity index (χ4n) is 5.09. The van der Waals surface area contributed by atoms with Crippen molar-refractivity contribution in [2.75, 3.05) is 28.3 Å². The standard InChI is InChI=1S/C37H30Cl2N10O15S/c1-15(30(51)52)40-35-43-36(41-26-11-22(38)24(13-28(26)50)48-46-20-7-16(31(53)54)5-17(8-20)32(55)56)45-37(44-35)42-27-12-23(39)25(14-29(27)64-3-2-4-65(61,62)63)49-47-21-9-18(33(57)58)6-19(10-21)34(59)60/h5-15,50H,2-4H2,1H3,(H,51,52)(H,53,54)(H,55,56)(H,57,58)(H,59,60)(H,61,62,63)(H3,40,41,42,43,44,45). The third-order valence-electron chi connectivity index (χ3n) is 8.13. The van der Waals surface area contributed by atoms with Gasteiger partial charge in [-0.1, -0.05) is 23.2 Å². The number of nitrogens with zero attached hydrogens (tertiary/aromatic N) is 7. The van der Waals surface area contributed by atoms with Crippen molar-refractivity contribution in [3.63, 3.8) is 0 Å². The van der Waals surface area contributed by atoms with Crippen LogP contribution in [-0.2, 0) is 14.9 Å². The predicted octanol–water partition coefficient (Wildman–Crippen LogP) is 7.54. The lowest BCUT2D eigenvalue weighted by molar-refractivity contribution is -0.137. The van der Waals surface area contributed by atoms with E-state index >= 15 is 0 Å². The van der Waals surface area contributed by atoms with Gasteiger partial charge in [-0.2, -0.15) is 33.6 Å². The molecule has 0 amide bonds. The molecule has 338 valence electrons. The molecule has 1 unspecified atom stereocenters. The smallest absolute Gasteiger partial charge is 0.335 e. The third kappa shape index (κ3) is 13.5. The van der Waals surface area contributed by atoms with Crippen molar-refractivity contribution in [3.8, 4) is 11.5 Å². The Morgan fingerprint density at radius 3 is 1.52 bits per heavy atom. The van der Waals surface area contributed by atoms with Gasteiger partial charge in [0.15, 0.2) is 0 Å². The highest BCUT2D eigenvalue weighted by Crippen LogP contribution is 2.40. The maximum Gasteiger partial charge on any atom is 0.335 e. The molecule has 0 bridgehead atoms. The summed E-state index contributed by atoms with van der Waals surface area (Å²) in [5.41, 5.74) is -2.34. The molecule has 5 rings (SSSR count). The summed E-state index contributed by atoms with van der Waals surface area (Å²) in [5.74, 6) is -9.36. The van der Waals surface area contributed by atoms with Crippen LogP contribution in [0, 0.1) is 0 Å². The molecule has 65 heavy (non-hydrogen) atoms. The molecule has 0 aliphatic carbocycles. The molecule has 1 atom stereocenters. The average Bonchev–Trinajstić information content (AvgIpc) is 3.22. The summed E-state index contributed by atoms with van der Waals surface area (Å²) < 4.78 is 37.7. The second-order valence-corrected chi connectivity index (χ2v) is 15.4. The second-order valence-electron chi connectivity index (χ2n) is 13.0. The monoisotopic (exact) mass is 956 g/mol. The number of hydrogen-bond acceptors (Lipinski definition) is 19. The van der Waals surface area contributed by atoms with Crippen molar-refractivity contribution in [2.24, 2.45) is 20.5 Å². The van der Waals surface area contributed by atoms with Gasteiger partial charge in [0.05, 0.1) is 67.4 Å². The van der Waals surface area contributed by atoms with E-state index in [0.29, 0.717) is 0 Å². The van der Waals surface area contributed by atoms with Crippen LogP contribution in [0.3, 0.4) is 0 Å². The van der Waals surface area contributed by atoms with Gasteiger partial charge in [0.25, 0.3) is 10.1 Å². The number of carbonyl (C=O) groups is 5. The first kappa shape index (κ1) is 48.0. The minimum atomic E-state index is -4.38. The quantitative estimate of drug-likeness (QED) is 0.0156. The molecule has 1 heterocycles. The summed E-state index contributed by atoms with van der Waals surface area (Å²) in [7, 11) is -4.38. The number of aromatic hydroxyl groups is 1. The molecule has 0 fully saturated rings. The number of rotatable bonds is 20. The van der Waals surface area contributed by atoms with Gasteiger partial charge in [0.1, 0.15) is 28.9 Å². The molecular weight excluding hydrogens is 927 g/mol. The second kappa shape index (κ2) is 20.4. The van der Waals surface area contributed by atoms with E-state index in [0.717, 1.165) is 48.5 Å². The van der Waals surface area contributed by atoms with Crippen molar-refractivity contribution in [3.05, 3.63) is 93.0 Å². The fraction of sp³-hybridized carbons (Fsp3) is 0.135. The highest BCUT2D eigenvalue weighted by molar-refractivity contribution is 7.85. The van der Waals surface area contributed by atoms with Gasteiger partial charge in [-0.05, 0) is 61.9 Å². The Labute approximate surface area is 373 Å². The van der Waals surface area contributed by atoms with Crippen molar-refractivity contribution in [1.29, 1.82) is 0 Å². The van der Waals surface area contributed by atoms with Crippen LogP contribution in [0.25, 0.3) is 0 Å². The molecule has 0 saturated carbocycles. The number of aromatic carboxylic acids is 4. The summed E-state index contributed by atoms with van der Waals surface area (Å²) in [6.07, 6.45) is -0.214. The zero-order chi connectivity index (χ0) is 47.7. The van der Waals surface area contributed by atoms with Crippen molar-refractivity contribution in [1.82, 2.24) is 15.0 Å². The van der Waals surface area contributed by atoms with Gasteiger partial charge < -0.3 is 51.3 Å². The lowest BCUT2D eigenvalue weighted by Gasteiger charge is -2.16. The summed E-state index contributed by atoms with van der Waals surface area (Å²) in [6, 6.07) is 9.44. The van der Waals surface area contributed by atoms with Crippen LogP contribution >= 0.6 is 23.2 Å². The number of anilines is 5. The minimum absolute atomic E-state index is 0.0267. The Morgan fingerprint density at radius 2 is 1.08 bits per heavy atom. The number of nitrogens with one attached hydrogen (secondary N) is 3. The largest absolute Gasteiger partial charge is 0.506 e. The molecule has 0 aliphatic rings. The summed E-state index contributed by atoms with van der Waals surface area (Å²) in [4.78, 5) is 70.5. The molecule has 0 spiro atoms. The normalized spacial score (nSPS) is 11.9. The number of aromatic nitrogens is 3. The third-order valence-corrected chi connectivity index (χ3v) is 9.54. The van der Waals surface area contributed by atoms with Crippen LogP contribution < -0.4 is 20.7 Å². The van der Waals surface area contributed by atoms with Crippen LogP contribution in [0.15, 0.2) is 81.1 Å². The molecule has 25 nitrogen and oxygen atoms in total. The summed E-state index contributed by atoms with van der Waals surface area (Å²) in [6.45, 7) is 0.952. The van der Waals surface area contributed by atoms with Gasteiger partial charge in [-0.15, -0.1) is 10.2 Å². The number of phenols is 1. The zero-order valence-corrected chi connectivity index (χ0v) is 35.0. The van der Waals surface area contributed by atoms with Gasteiger partial charge in [-0.25, -0.2) is 19.2 Å². The van der Waals surface area contributed by atoms with Gasteiger partial charge in [-0.3, -0.25) is 9.35 Å². The average molecular weight is 958 g/mol. The predicted molar refractivity (Wildman–Crippen MR) is 227 cm³/mol. The number of aliphatic carboxylic acids is 1. The first-order valence-electron chi connectivity index (χ1n) is 17.9. The van der Waals surface area contributed by atoms with Crippen LogP contribution in [0.5, 0.6) is 11.5 Å². The molecule has 1 aromatic heterocycles. The maximum absolute atomic E-state index is 11.7. The number of halogens is 2. The van der Waals surface area contributed by atoms with Crippen molar-refractivity contribution < 1.29 is 72.3 Å². The molecule has 10 N–H and O–H groups in total. The van der Waals surface area contributed by atoms with Gasteiger partial charge in [0.2, 0.25) is 17.8 Å². The van der Waals surface area contributed by atoms with Crippen molar-refractivity contribution in [2.45, 2.75) is 19.4 Å². The number of azo groups is 2. The SMILES string of the molecule is CC(Nc1nc(Nc2cc(Cl)c(N=Nc3cc(C(=O)O)cc(C(=O)O)c3)cc2O)nc(Nc2cc(Cl)c(N=Nc3cc(C(=O)O)cc(C(=O)O)c3)cc2OCCCS(=O)(=O)O)n1)C(=O)O. The number of ether oxygens (including phenoxy) is 1. The molecular formula is C37H30Cl2N10O15S. The van der Waals surface area contributed by atoms with Crippen LogP contribution in [-0.4, -0.2) is 107 Å². The maximum atomic E-state index is 11.7. The Balaban J connectivity index is 1.51. The van der Waals surface area contributed by atoms with E-state index in [-0.39, 0.29) is 91.9 Å². The van der Waals surface area contributed by atoms with Gasteiger partial charge >= 0.3 is 29.8 Å². The zero-order valence-electron chi connectivity index (χ0n) is 32.7. The first-order valence-corrected chi connectivity index (χ1v) is 20.2. The number of phenolic OH excluding ortho intramolecular Hbond substituents is 1. The molecule has 0 radical (unpaired) electrons. The first-order chi connectivity index (χ1) is 30.5. The van der Waals surface area contributed by atoms with Crippen LogP contribution in [0.1, 0.15) is 54.8 Å². The number of benzene rings is 4. The summed E-state index contributed by atoms with van der Waals surface area (Å²) in [5, 5.41) is 81.5. The van der Waals surface area contributed by atoms with E-state index < -0.39 is 68.6 Å². The number of carboxylic acids is 5. The van der Waals surface area contributed by atoms with E-state index in [9.17, 15) is 67.6 Å². The van der Waals surface area contributed by atoms with E-state index in [1.54, 1.807) is 0 Å². The molecule has 28 heteroatoms. The highest BCUT2D eigenvalue weighted by Gasteiger charge is 2.20. The molecule has 0 saturated heterocycles. The fourth-order valence-corrected chi connectivity index (χ4v) is 5.98. The van der Waals surface area contributed by atoms with E-state index in [4.69, 9.17) is 27.9 Å². The number of carboxylic acid groups (broad SMARTS) is 5. The van der Waals surface area contributed by atoms with E-state index in [1.165, 1.54) is 19.1 Å². The molecule has 0 aliphatic heterocycles. The Kier molecular flexibility index (Phi) is 15.1. The van der Waals surface area contributed by atoms with Gasteiger partial charge in [0, 0.05) is 12.1 Å². The lowest BCUT2D eigenvalue weighted by Crippen LogP contribution is -2.27. The van der Waals surface area contributed by atoms with E-state index in [2.05, 4.69) is 51.4 Å². The number of hydrogen-bond donors (Lipinski definition) is 10. The van der Waals surface area contributed by atoms with Crippen LogP contribution in [0.2, 0.25) is 10.0 Å². The van der Waals surface area contributed by atoms with Crippen LogP contribution in [0.4, 0.5) is 52.0 Å². The Bertz CT molecular complexity index is 2860. The molecule has 4 aromatic carbocycles. The minimum Gasteiger partial charge on any atom is -0.506 e. The van der Waals surface area contributed by atoms with E-state index in [1.807, 2.05) is 0 Å². The lowest BCUT2D eigenvalue weighted by atomic mass is 10.1. The Hall–Kier alpha value is -8.07. The van der Waals surface area contributed by atoms with Crippen molar-refractivity contribution >= 4 is 115 Å². The topological polar surface area (TPSA) is 395 Å².